The Bertz CT molecular complexity index is 3170. The van der Waals surface area contributed by atoms with Crippen LogP contribution in [0.4, 0.5) is 11.4 Å². The number of thiol groups is 1. The van der Waals surface area contributed by atoms with E-state index in [1.165, 1.54) is 93.5 Å². The molecular formula is C57H48N2S. The van der Waals surface area contributed by atoms with Gasteiger partial charge in [-0.3, -0.25) is 0 Å². The van der Waals surface area contributed by atoms with Gasteiger partial charge in [0.05, 0.1) is 16.7 Å². The minimum absolute atomic E-state index is 0.137. The molecule has 60 heavy (non-hydrogen) atoms. The lowest BCUT2D eigenvalue weighted by Gasteiger charge is -2.42. The van der Waals surface area contributed by atoms with E-state index in [-0.39, 0.29) is 10.8 Å². The number of rotatable bonds is 4. The maximum absolute atomic E-state index is 3.68. The van der Waals surface area contributed by atoms with Crippen molar-refractivity contribution in [3.63, 3.8) is 0 Å². The lowest BCUT2D eigenvalue weighted by molar-refractivity contribution is 0.594. The first kappa shape index (κ1) is 37.7. The first-order valence-electron chi connectivity index (χ1n) is 20.9. The summed E-state index contributed by atoms with van der Waals surface area (Å²) in [5.74, 6) is 0. The first-order valence-corrected chi connectivity index (χ1v) is 21.8. The molecule has 0 unspecified atom stereocenters. The van der Waals surface area contributed by atoms with Crippen LogP contribution >= 0.6 is 12.6 Å². The zero-order chi connectivity index (χ0) is 41.2. The summed E-state index contributed by atoms with van der Waals surface area (Å²) in [5, 5.41) is 11.4. The van der Waals surface area contributed by atoms with Crippen molar-refractivity contribution >= 4 is 67.4 Å². The van der Waals surface area contributed by atoms with Gasteiger partial charge in [-0.25, -0.2) is 0 Å². The quantitative estimate of drug-likeness (QED) is 0.170. The Morgan fingerprint density at radius 2 is 0.833 bits per heavy atom. The molecule has 3 heterocycles. The molecule has 292 valence electrons. The summed E-state index contributed by atoms with van der Waals surface area (Å²) >= 11 is 3.53. The molecule has 0 aliphatic carbocycles. The molecule has 1 N–H and O–H groups in total. The monoisotopic (exact) mass is 792 g/mol. The number of anilines is 2. The Morgan fingerprint density at radius 3 is 1.38 bits per heavy atom. The minimum Gasteiger partial charge on any atom is -0.355 e. The molecule has 12 rings (SSSR count). The molecule has 2 nitrogen and oxygen atoms in total. The van der Waals surface area contributed by atoms with Crippen molar-refractivity contribution in [3.8, 4) is 27.9 Å². The Balaban J connectivity index is 0.000000313. The molecule has 1 aromatic heterocycles. The van der Waals surface area contributed by atoms with Crippen molar-refractivity contribution in [2.24, 2.45) is 0 Å². The van der Waals surface area contributed by atoms with Crippen molar-refractivity contribution < 1.29 is 0 Å². The number of fused-ring (bicyclic) bond motifs is 3. The highest BCUT2D eigenvalue weighted by atomic mass is 32.1. The van der Waals surface area contributed by atoms with Crippen molar-refractivity contribution in [2.75, 3.05) is 11.6 Å². The van der Waals surface area contributed by atoms with E-state index in [0.717, 1.165) is 11.4 Å². The van der Waals surface area contributed by atoms with Gasteiger partial charge >= 0.3 is 0 Å². The van der Waals surface area contributed by atoms with Crippen molar-refractivity contribution in [1.29, 1.82) is 0 Å². The van der Waals surface area contributed by atoms with Gasteiger partial charge in [0.1, 0.15) is 0 Å². The fraction of sp³-hybridized carbons (Fsp3) is 0.123. The van der Waals surface area contributed by atoms with Gasteiger partial charge < -0.3 is 9.88 Å². The number of hydrogen-bond donors (Lipinski definition) is 2. The fourth-order valence-corrected chi connectivity index (χ4v) is 9.87. The third-order valence-electron chi connectivity index (χ3n) is 13.0. The van der Waals surface area contributed by atoms with E-state index in [2.05, 4.69) is 238 Å². The van der Waals surface area contributed by atoms with E-state index in [1.54, 1.807) is 6.26 Å². The van der Waals surface area contributed by atoms with Gasteiger partial charge in [0, 0.05) is 38.4 Å². The molecule has 0 spiro atoms. The number of benzene rings is 9. The molecule has 0 amide bonds. The third kappa shape index (κ3) is 5.94. The summed E-state index contributed by atoms with van der Waals surface area (Å²) in [6, 6.07) is 68.3. The van der Waals surface area contributed by atoms with Crippen LogP contribution in [0.15, 0.2) is 188 Å². The zero-order valence-electron chi connectivity index (χ0n) is 34.8. The summed E-state index contributed by atoms with van der Waals surface area (Å²) in [7, 11) is 0. The Labute approximate surface area is 358 Å². The summed E-state index contributed by atoms with van der Waals surface area (Å²) in [5.41, 5.74) is 16.6. The van der Waals surface area contributed by atoms with Crippen LogP contribution in [0.3, 0.4) is 0 Å². The summed E-state index contributed by atoms with van der Waals surface area (Å²) < 4.78 is 2.62. The predicted molar refractivity (Wildman–Crippen MR) is 262 cm³/mol. The first-order chi connectivity index (χ1) is 29.3. The summed E-state index contributed by atoms with van der Waals surface area (Å²) in [4.78, 5) is 0. The van der Waals surface area contributed by atoms with Gasteiger partial charge in [0.25, 0.3) is 0 Å². The summed E-state index contributed by atoms with van der Waals surface area (Å²) in [6.45, 7) is 9.65. The highest BCUT2D eigenvalue weighted by molar-refractivity contribution is 7.79. The van der Waals surface area contributed by atoms with Crippen LogP contribution in [-0.4, -0.2) is 10.8 Å². The highest BCUT2D eigenvalue weighted by Crippen LogP contribution is 2.56. The van der Waals surface area contributed by atoms with Gasteiger partial charge in [-0.1, -0.05) is 173 Å². The van der Waals surface area contributed by atoms with Gasteiger partial charge in [0.2, 0.25) is 0 Å². The molecule has 0 bridgehead atoms. The van der Waals surface area contributed by atoms with Gasteiger partial charge in [-0.05, 0) is 109 Å². The number of hydrogen-bond acceptors (Lipinski definition) is 2. The predicted octanol–water partition coefficient (Wildman–Crippen LogP) is 15.7. The normalized spacial score (nSPS) is 13.8. The SMILES string of the molecule is CC1(C)c2cccc3c2-n2c4c1cc(-c1ccccc1)cc4c1cc(-c4ccc(Nc5cccc6ccccc56)cc4)cc(c12)C3(C)C.CS.c1ccc2ccccc2c1. The van der Waals surface area contributed by atoms with Crippen molar-refractivity contribution in [1.82, 2.24) is 4.57 Å². The van der Waals surface area contributed by atoms with Crippen LogP contribution in [0, 0.1) is 0 Å². The Morgan fingerprint density at radius 1 is 0.383 bits per heavy atom. The minimum atomic E-state index is -0.157. The molecular weight excluding hydrogens is 745 g/mol. The van der Waals surface area contributed by atoms with Crippen LogP contribution in [0.25, 0.3) is 71.3 Å². The van der Waals surface area contributed by atoms with Crippen molar-refractivity contribution in [3.05, 3.63) is 210 Å². The van der Waals surface area contributed by atoms with Crippen LogP contribution in [0.1, 0.15) is 49.9 Å². The van der Waals surface area contributed by atoms with E-state index in [4.69, 9.17) is 0 Å². The second-order valence-corrected chi connectivity index (χ2v) is 17.1. The summed E-state index contributed by atoms with van der Waals surface area (Å²) in [6.07, 6.45) is 1.69. The molecule has 3 heteroatoms. The standard InChI is InChI=1S/C46H36N2.C10H8.CH4S/c1-45(2)37-17-11-18-38-44(37)48-42-35(24-31(26-39(42)45)28-12-6-5-7-13-28)36-25-32(27-40(43(36)48)46(38,3)4)29-20-22-33(23-21-29)47-41-19-10-15-30-14-8-9-16-34(30)41;1-2-6-10-8-4-3-7-9(10)5-1;1-2/h5-27,47H,1-4H3;1-8H;2H,1H3. The molecule has 0 fully saturated rings. The number of aromatic nitrogens is 1. The van der Waals surface area contributed by atoms with Gasteiger partial charge in [0.15, 0.2) is 0 Å². The number of para-hydroxylation sites is 1. The number of nitrogens with zero attached hydrogens (tertiary/aromatic N) is 1. The fourth-order valence-electron chi connectivity index (χ4n) is 9.87. The maximum atomic E-state index is 3.68. The van der Waals surface area contributed by atoms with Gasteiger partial charge in [-0.2, -0.15) is 12.6 Å². The van der Waals surface area contributed by atoms with Gasteiger partial charge in [-0.15, -0.1) is 0 Å². The smallest absolute Gasteiger partial charge is 0.0582 e. The lowest BCUT2D eigenvalue weighted by Crippen LogP contribution is -2.33. The van der Waals surface area contributed by atoms with E-state index in [1.807, 2.05) is 0 Å². The Hall–Kier alpha value is -6.55. The zero-order valence-corrected chi connectivity index (χ0v) is 35.7. The molecule has 0 radical (unpaired) electrons. The lowest BCUT2D eigenvalue weighted by atomic mass is 9.68. The topological polar surface area (TPSA) is 17.0 Å². The largest absolute Gasteiger partial charge is 0.355 e. The second kappa shape index (κ2) is 14.6. The molecule has 0 saturated heterocycles. The second-order valence-electron chi connectivity index (χ2n) is 17.1. The molecule has 10 aromatic rings. The number of nitrogens with one attached hydrogen (secondary N) is 1. The van der Waals surface area contributed by atoms with E-state index < -0.39 is 0 Å². The molecule has 2 aliphatic heterocycles. The van der Waals surface area contributed by atoms with Crippen LogP contribution < -0.4 is 5.32 Å². The molecule has 9 aromatic carbocycles. The Kier molecular flexibility index (Phi) is 9.19. The van der Waals surface area contributed by atoms with E-state index >= 15 is 0 Å². The van der Waals surface area contributed by atoms with Crippen LogP contribution in [0.2, 0.25) is 0 Å². The van der Waals surface area contributed by atoms with E-state index in [9.17, 15) is 0 Å². The van der Waals surface area contributed by atoms with Crippen LogP contribution in [0.5, 0.6) is 0 Å². The molecule has 0 saturated carbocycles. The van der Waals surface area contributed by atoms with E-state index in [0.29, 0.717) is 0 Å². The van der Waals surface area contributed by atoms with Crippen molar-refractivity contribution in [2.45, 2.75) is 38.5 Å². The highest BCUT2D eigenvalue weighted by Gasteiger charge is 2.43. The average molecular weight is 793 g/mol. The molecule has 2 aliphatic rings. The molecule has 0 atom stereocenters. The third-order valence-corrected chi connectivity index (χ3v) is 13.0. The maximum Gasteiger partial charge on any atom is 0.0582 e. The van der Waals surface area contributed by atoms with Crippen LogP contribution in [-0.2, 0) is 10.8 Å². The average Bonchev–Trinajstić information content (AvgIpc) is 3.63.